The van der Waals surface area contributed by atoms with Gasteiger partial charge in [-0.1, -0.05) is 206 Å². The molecule has 0 spiro atoms. The lowest BCUT2D eigenvalue weighted by Crippen LogP contribution is -1.93. The summed E-state index contributed by atoms with van der Waals surface area (Å²) in [6.07, 6.45) is 9.19. The third kappa shape index (κ3) is 8.90. The standard InChI is InChI=1S/C44H26N4.C39H23N5/c1-2-10-33-27(7-1)8-5-12-34(33)40-35-11-3-4-13-39(35)48-44-36(40)23-20-32-22-25-38(47-43(32)44)29-16-14-28(15-17-29)37-24-21-31-19-18-30-9-6-26-45-41(30)42(31)46-37;1-2-6-34-31(5-1)35(26-17-21-40-22-18-26)32-15-12-28-13-16-33(43-37(28)39(32)44-34)25-9-7-24(8-10-25)29-19-23-42-38-30(29)14-11-27-4-3-20-41-36(27)38/h1-26H;1-23H. The second kappa shape index (κ2) is 21.6. The summed E-state index contributed by atoms with van der Waals surface area (Å²) in [6, 6.07) is 93.1. The van der Waals surface area contributed by atoms with E-state index in [1.54, 1.807) is 0 Å². The van der Waals surface area contributed by atoms with E-state index in [2.05, 4.69) is 269 Å². The van der Waals surface area contributed by atoms with E-state index in [-0.39, 0.29) is 0 Å². The van der Waals surface area contributed by atoms with Gasteiger partial charge in [0.25, 0.3) is 0 Å². The molecule has 0 radical (unpaired) electrons. The zero-order valence-electron chi connectivity index (χ0n) is 49.3. The second-order valence-electron chi connectivity index (χ2n) is 23.2. The van der Waals surface area contributed by atoms with Gasteiger partial charge in [-0.05, 0) is 93.7 Å². The van der Waals surface area contributed by atoms with Crippen LogP contribution in [0.25, 0.3) is 187 Å². The molecule has 0 unspecified atom stereocenters. The van der Waals surface area contributed by atoms with E-state index >= 15 is 0 Å². The minimum Gasteiger partial charge on any atom is -0.265 e. The fourth-order valence-corrected chi connectivity index (χ4v) is 13.5. The minimum absolute atomic E-state index is 0.893. The molecule has 9 aromatic heterocycles. The molecule has 0 aliphatic carbocycles. The molecule has 0 fully saturated rings. The van der Waals surface area contributed by atoms with Crippen LogP contribution in [0.5, 0.6) is 0 Å². The molecule has 0 atom stereocenters. The summed E-state index contributed by atoms with van der Waals surface area (Å²) in [5.41, 5.74) is 22.0. The summed E-state index contributed by atoms with van der Waals surface area (Å²) in [4.78, 5) is 44.0. The number of benzene rings is 10. The highest BCUT2D eigenvalue weighted by Gasteiger charge is 2.19. The molecule has 0 N–H and O–H groups in total. The Balaban J connectivity index is 0.000000136. The van der Waals surface area contributed by atoms with Crippen molar-refractivity contribution in [3.05, 3.63) is 298 Å². The van der Waals surface area contributed by atoms with Crippen LogP contribution in [0.4, 0.5) is 0 Å². The van der Waals surface area contributed by atoms with E-state index in [0.717, 1.165) is 165 Å². The van der Waals surface area contributed by atoms with Crippen molar-refractivity contribution in [3.63, 3.8) is 0 Å². The highest BCUT2D eigenvalue weighted by Crippen LogP contribution is 2.42. The van der Waals surface area contributed by atoms with Gasteiger partial charge in [0.15, 0.2) is 0 Å². The summed E-state index contributed by atoms with van der Waals surface area (Å²) in [5, 5.41) is 13.4. The highest BCUT2D eigenvalue weighted by molar-refractivity contribution is 6.20. The van der Waals surface area contributed by atoms with Crippen LogP contribution in [0.1, 0.15) is 0 Å². The number of hydrogen-bond acceptors (Lipinski definition) is 9. The molecule has 0 bridgehead atoms. The Morgan fingerprint density at radius 2 is 0.609 bits per heavy atom. The van der Waals surface area contributed by atoms with E-state index < -0.39 is 0 Å². The Kier molecular flexibility index (Phi) is 12.3. The number of para-hydroxylation sites is 2. The number of pyridine rings is 9. The molecule has 9 heterocycles. The largest absolute Gasteiger partial charge is 0.265 e. The van der Waals surface area contributed by atoms with Crippen molar-refractivity contribution < 1.29 is 0 Å². The molecule has 0 saturated heterocycles. The van der Waals surface area contributed by atoms with E-state index in [1.165, 1.54) is 21.9 Å². The van der Waals surface area contributed by atoms with Crippen LogP contribution in [-0.4, -0.2) is 44.9 Å². The van der Waals surface area contributed by atoms with Crippen LogP contribution in [0.2, 0.25) is 0 Å². The summed E-state index contributed by atoms with van der Waals surface area (Å²) < 4.78 is 0. The highest BCUT2D eigenvalue weighted by atomic mass is 14.8. The van der Waals surface area contributed by atoms with Gasteiger partial charge in [-0.15, -0.1) is 0 Å². The first-order valence-corrected chi connectivity index (χ1v) is 30.7. The zero-order valence-corrected chi connectivity index (χ0v) is 49.3. The second-order valence-corrected chi connectivity index (χ2v) is 23.2. The fraction of sp³-hybridized carbons (Fsp3) is 0. The van der Waals surface area contributed by atoms with E-state index in [4.69, 9.17) is 24.9 Å². The molecule has 426 valence electrons. The SMILES string of the molecule is c1ccc2c(-c3c4ccccc4nc4c3ccc3ccc(-c5ccc(-c6ccc7ccc8cccnc8c7n6)cc5)nc34)cccc2c1.c1cnc2c(c1)ccc1c(-c3ccc(-c4ccc5ccc6c(-c7ccncc7)c7ccccc7nc6c5n4)cc3)ccnc12. The third-order valence-corrected chi connectivity index (χ3v) is 17.9. The fourth-order valence-electron chi connectivity index (χ4n) is 13.5. The van der Waals surface area contributed by atoms with Crippen LogP contribution >= 0.6 is 0 Å². The first kappa shape index (κ1) is 52.5. The van der Waals surface area contributed by atoms with Crippen LogP contribution < -0.4 is 0 Å². The Labute approximate surface area is 526 Å². The Morgan fingerprint density at radius 1 is 0.185 bits per heavy atom. The van der Waals surface area contributed by atoms with Gasteiger partial charge in [0.05, 0.1) is 72.2 Å². The third-order valence-electron chi connectivity index (χ3n) is 17.9. The number of fused-ring (bicyclic) bond motifs is 15. The number of nitrogens with zero attached hydrogens (tertiary/aromatic N) is 9. The maximum atomic E-state index is 5.27. The van der Waals surface area contributed by atoms with Gasteiger partial charge < -0.3 is 0 Å². The lowest BCUT2D eigenvalue weighted by atomic mass is 9.91. The van der Waals surface area contributed by atoms with Gasteiger partial charge in [-0.25, -0.2) is 24.9 Å². The van der Waals surface area contributed by atoms with Crippen LogP contribution in [0.15, 0.2) is 298 Å². The molecular formula is C83H49N9. The monoisotopic (exact) mass is 1170 g/mol. The Morgan fingerprint density at radius 3 is 1.20 bits per heavy atom. The number of aromatic nitrogens is 9. The first-order chi connectivity index (χ1) is 45.6. The minimum atomic E-state index is 0.893. The molecular weight excluding hydrogens is 1120 g/mol. The van der Waals surface area contributed by atoms with Crippen molar-refractivity contribution in [1.29, 1.82) is 0 Å². The lowest BCUT2D eigenvalue weighted by Gasteiger charge is -2.15. The van der Waals surface area contributed by atoms with Gasteiger partial charge in [0, 0.05) is 113 Å². The van der Waals surface area contributed by atoms with Crippen molar-refractivity contribution >= 4 is 120 Å². The van der Waals surface area contributed by atoms with Crippen LogP contribution in [0, 0.1) is 0 Å². The van der Waals surface area contributed by atoms with Gasteiger partial charge in [-0.3, -0.25) is 19.9 Å². The molecule has 0 aliphatic heterocycles. The van der Waals surface area contributed by atoms with Crippen molar-refractivity contribution in [3.8, 4) is 67.2 Å². The molecule has 9 heteroatoms. The Hall–Kier alpha value is -12.6. The zero-order chi connectivity index (χ0) is 60.6. The van der Waals surface area contributed by atoms with Crippen molar-refractivity contribution in [2.45, 2.75) is 0 Å². The van der Waals surface area contributed by atoms with E-state index in [9.17, 15) is 0 Å². The molecule has 0 saturated carbocycles. The van der Waals surface area contributed by atoms with Crippen molar-refractivity contribution in [2.75, 3.05) is 0 Å². The molecule has 19 rings (SSSR count). The predicted octanol–water partition coefficient (Wildman–Crippen LogP) is 20.6. The topological polar surface area (TPSA) is 116 Å². The smallest absolute Gasteiger partial charge is 0.0978 e. The average molecular weight is 1170 g/mol. The molecule has 0 amide bonds. The molecule has 19 aromatic rings. The van der Waals surface area contributed by atoms with E-state index in [0.29, 0.717) is 0 Å². The van der Waals surface area contributed by atoms with Crippen molar-refractivity contribution in [1.82, 2.24) is 44.9 Å². The first-order valence-electron chi connectivity index (χ1n) is 30.7. The summed E-state index contributed by atoms with van der Waals surface area (Å²) in [6.45, 7) is 0. The van der Waals surface area contributed by atoms with Gasteiger partial charge in [0.1, 0.15) is 0 Å². The number of rotatable bonds is 6. The maximum Gasteiger partial charge on any atom is 0.0978 e. The predicted molar refractivity (Wildman–Crippen MR) is 378 cm³/mol. The molecule has 92 heavy (non-hydrogen) atoms. The summed E-state index contributed by atoms with van der Waals surface area (Å²) in [7, 11) is 0. The normalized spacial score (nSPS) is 11.7. The average Bonchev–Trinajstić information content (AvgIpc) is 0.761. The molecule has 10 aromatic carbocycles. The van der Waals surface area contributed by atoms with Gasteiger partial charge >= 0.3 is 0 Å². The molecule has 9 nitrogen and oxygen atoms in total. The van der Waals surface area contributed by atoms with Crippen LogP contribution in [0.3, 0.4) is 0 Å². The van der Waals surface area contributed by atoms with Crippen molar-refractivity contribution in [2.24, 2.45) is 0 Å². The summed E-state index contributed by atoms with van der Waals surface area (Å²) >= 11 is 0. The molecule has 0 aliphatic rings. The summed E-state index contributed by atoms with van der Waals surface area (Å²) in [5.74, 6) is 0. The van der Waals surface area contributed by atoms with Crippen LogP contribution in [-0.2, 0) is 0 Å². The quantitative estimate of drug-likeness (QED) is 0.119. The number of hydrogen-bond donors (Lipinski definition) is 0. The Bertz CT molecular complexity index is 6190. The van der Waals surface area contributed by atoms with E-state index in [1.807, 2.05) is 49.2 Å². The lowest BCUT2D eigenvalue weighted by molar-refractivity contribution is 1.33. The van der Waals surface area contributed by atoms with Gasteiger partial charge in [-0.2, -0.15) is 0 Å². The van der Waals surface area contributed by atoms with Gasteiger partial charge in [0.2, 0.25) is 0 Å². The maximum absolute atomic E-state index is 5.27.